The Labute approximate surface area is 145 Å². The average molecular weight is 346 g/mol. The summed E-state index contributed by atoms with van der Waals surface area (Å²) in [6.45, 7) is 4.49. The van der Waals surface area contributed by atoms with Crippen LogP contribution in [0.2, 0.25) is 0 Å². The number of carbonyl (C=O) groups excluding carboxylic acids is 1. The number of hydrogen-bond donors (Lipinski definition) is 2. The monoisotopic (exact) mass is 346 g/mol. The minimum Gasteiger partial charge on any atom is -0.488 e. The van der Waals surface area contributed by atoms with Crippen molar-refractivity contribution in [1.29, 1.82) is 0 Å². The molecule has 0 aliphatic heterocycles. The van der Waals surface area contributed by atoms with E-state index in [0.717, 1.165) is 23.4 Å². The van der Waals surface area contributed by atoms with Crippen LogP contribution in [-0.2, 0) is 10.5 Å². The van der Waals surface area contributed by atoms with Gasteiger partial charge in [-0.15, -0.1) is 11.8 Å². The molecule has 5 nitrogen and oxygen atoms in total. The molecule has 2 rings (SSSR count). The molecule has 2 N–H and O–H groups in total. The van der Waals surface area contributed by atoms with Crippen molar-refractivity contribution in [2.45, 2.75) is 26.0 Å². The van der Waals surface area contributed by atoms with Crippen LogP contribution in [0.3, 0.4) is 0 Å². The maximum atomic E-state index is 11.9. The fourth-order valence-corrected chi connectivity index (χ4v) is 2.83. The highest BCUT2D eigenvalue weighted by Gasteiger charge is 2.06. The second kappa shape index (κ2) is 9.17. The number of aromatic nitrogens is 1. The fraction of sp³-hybridized carbons (Fsp3) is 0.333. The highest BCUT2D eigenvalue weighted by molar-refractivity contribution is 7.99. The molecule has 0 bridgehead atoms. The second-order valence-electron chi connectivity index (χ2n) is 5.45. The first-order valence-electron chi connectivity index (χ1n) is 7.87. The maximum Gasteiger partial charge on any atom is 0.234 e. The minimum atomic E-state index is -0.137. The molecule has 1 heterocycles. The number of amides is 1. The number of benzene rings is 1. The summed E-state index contributed by atoms with van der Waals surface area (Å²) in [5, 5.41) is 2.86. The van der Waals surface area contributed by atoms with Crippen LogP contribution in [0.25, 0.3) is 0 Å². The third-order valence-electron chi connectivity index (χ3n) is 3.19. The Hall–Kier alpha value is -2.21. The molecule has 0 fully saturated rings. The summed E-state index contributed by atoms with van der Waals surface area (Å²) in [6, 6.07) is 9.20. The molecule has 0 saturated heterocycles. The summed E-state index contributed by atoms with van der Waals surface area (Å²) < 4.78 is 5.34. The molecule has 0 spiro atoms. The first-order chi connectivity index (χ1) is 11.6. The largest absolute Gasteiger partial charge is 0.488 e. The Morgan fingerprint density at radius 3 is 2.88 bits per heavy atom. The van der Waals surface area contributed by atoms with Gasteiger partial charge in [0.25, 0.3) is 0 Å². The van der Waals surface area contributed by atoms with Crippen LogP contribution in [0.5, 0.6) is 5.75 Å². The Morgan fingerprint density at radius 2 is 2.17 bits per heavy atom. The van der Waals surface area contributed by atoms with Crippen molar-refractivity contribution < 1.29 is 9.53 Å². The third kappa shape index (κ3) is 5.77. The fourth-order valence-electron chi connectivity index (χ4n) is 2.08. The standard InChI is InChI=1S/C18H22N2O3S/c1-3-7-23-17-10-19-15(9-16(17)21)11-24-12-18(22)20-14-6-4-5-13(2)8-14/h4-6,8-10H,3,7,11-12H2,1-2H3,(H,19,21)(H,20,22). The lowest BCUT2D eigenvalue weighted by Gasteiger charge is -2.07. The van der Waals surface area contributed by atoms with Crippen molar-refractivity contribution in [1.82, 2.24) is 4.98 Å². The van der Waals surface area contributed by atoms with E-state index < -0.39 is 0 Å². The zero-order valence-corrected chi connectivity index (χ0v) is 14.7. The summed E-state index contributed by atoms with van der Waals surface area (Å²) in [4.78, 5) is 26.9. The lowest BCUT2D eigenvalue weighted by Crippen LogP contribution is -2.14. The van der Waals surface area contributed by atoms with E-state index in [9.17, 15) is 9.59 Å². The van der Waals surface area contributed by atoms with Gasteiger partial charge in [-0.25, -0.2) is 0 Å². The predicted molar refractivity (Wildman–Crippen MR) is 98.8 cm³/mol. The topological polar surface area (TPSA) is 71.2 Å². The number of ether oxygens (including phenoxy) is 1. The van der Waals surface area contributed by atoms with E-state index in [1.165, 1.54) is 17.8 Å². The first-order valence-corrected chi connectivity index (χ1v) is 9.02. The van der Waals surface area contributed by atoms with Crippen LogP contribution in [0.15, 0.2) is 41.3 Å². The zero-order valence-electron chi connectivity index (χ0n) is 13.9. The van der Waals surface area contributed by atoms with Gasteiger partial charge in [0.1, 0.15) is 0 Å². The number of aryl methyl sites for hydroxylation is 1. The maximum absolute atomic E-state index is 11.9. The van der Waals surface area contributed by atoms with Gasteiger partial charge in [-0.3, -0.25) is 9.59 Å². The van der Waals surface area contributed by atoms with Gasteiger partial charge in [0, 0.05) is 29.4 Å². The van der Waals surface area contributed by atoms with Crippen LogP contribution >= 0.6 is 11.8 Å². The van der Waals surface area contributed by atoms with Gasteiger partial charge >= 0.3 is 0 Å². The molecule has 1 amide bonds. The molecule has 0 aliphatic carbocycles. The number of aromatic amines is 1. The van der Waals surface area contributed by atoms with E-state index >= 15 is 0 Å². The summed E-state index contributed by atoms with van der Waals surface area (Å²) in [5.74, 6) is 1.16. The number of H-pyrrole nitrogens is 1. The first kappa shape index (κ1) is 18.1. The smallest absolute Gasteiger partial charge is 0.234 e. The highest BCUT2D eigenvalue weighted by Crippen LogP contribution is 2.13. The third-order valence-corrected chi connectivity index (χ3v) is 4.17. The Bertz CT molecular complexity index is 743. The molecule has 1 aromatic carbocycles. The van der Waals surface area contributed by atoms with Gasteiger partial charge in [-0.1, -0.05) is 19.1 Å². The lowest BCUT2D eigenvalue weighted by molar-refractivity contribution is -0.113. The van der Waals surface area contributed by atoms with Crippen molar-refractivity contribution in [3.63, 3.8) is 0 Å². The number of rotatable bonds is 8. The van der Waals surface area contributed by atoms with Crippen molar-refractivity contribution >= 4 is 23.4 Å². The van der Waals surface area contributed by atoms with E-state index in [1.54, 1.807) is 6.20 Å². The van der Waals surface area contributed by atoms with Crippen LogP contribution in [0, 0.1) is 6.92 Å². The number of carbonyl (C=O) groups is 1. The molecule has 0 saturated carbocycles. The van der Waals surface area contributed by atoms with Crippen LogP contribution in [-0.4, -0.2) is 23.3 Å². The number of nitrogens with one attached hydrogen (secondary N) is 2. The van der Waals surface area contributed by atoms with Gasteiger partial charge in [0.05, 0.1) is 12.4 Å². The Morgan fingerprint density at radius 1 is 1.33 bits per heavy atom. The summed E-state index contributed by atoms with van der Waals surface area (Å²) in [6.07, 6.45) is 2.44. The molecule has 6 heteroatoms. The lowest BCUT2D eigenvalue weighted by atomic mass is 10.2. The molecule has 1 aromatic heterocycles. The van der Waals surface area contributed by atoms with Gasteiger partial charge < -0.3 is 15.0 Å². The number of hydrogen-bond acceptors (Lipinski definition) is 4. The number of pyridine rings is 1. The zero-order chi connectivity index (χ0) is 17.4. The molecule has 0 radical (unpaired) electrons. The molecule has 128 valence electrons. The molecular formula is C18H22N2O3S. The van der Waals surface area contributed by atoms with Crippen molar-refractivity contribution in [2.75, 3.05) is 17.7 Å². The number of anilines is 1. The molecular weight excluding hydrogens is 324 g/mol. The predicted octanol–water partition coefficient (Wildman–Crippen LogP) is 3.34. The van der Waals surface area contributed by atoms with E-state index in [1.807, 2.05) is 38.1 Å². The quantitative estimate of drug-likeness (QED) is 0.769. The van der Waals surface area contributed by atoms with E-state index in [4.69, 9.17) is 4.74 Å². The van der Waals surface area contributed by atoms with E-state index in [0.29, 0.717) is 23.9 Å². The summed E-state index contributed by atoms with van der Waals surface area (Å²) in [7, 11) is 0. The van der Waals surface area contributed by atoms with Crippen molar-refractivity contribution in [3.8, 4) is 5.75 Å². The van der Waals surface area contributed by atoms with Crippen LogP contribution in [0.4, 0.5) is 5.69 Å². The summed E-state index contributed by atoms with van der Waals surface area (Å²) >= 11 is 1.45. The molecule has 0 atom stereocenters. The average Bonchev–Trinajstić information content (AvgIpc) is 2.54. The van der Waals surface area contributed by atoms with Gasteiger partial charge in [0.15, 0.2) is 5.75 Å². The van der Waals surface area contributed by atoms with Gasteiger partial charge in [0.2, 0.25) is 11.3 Å². The van der Waals surface area contributed by atoms with Gasteiger partial charge in [-0.2, -0.15) is 0 Å². The molecule has 0 aliphatic rings. The number of thioether (sulfide) groups is 1. The van der Waals surface area contributed by atoms with E-state index in [-0.39, 0.29) is 11.3 Å². The molecule has 2 aromatic rings. The Balaban J connectivity index is 1.80. The van der Waals surface area contributed by atoms with Gasteiger partial charge in [-0.05, 0) is 31.0 Å². The van der Waals surface area contributed by atoms with Crippen LogP contribution < -0.4 is 15.5 Å². The molecule has 0 unspecified atom stereocenters. The highest BCUT2D eigenvalue weighted by atomic mass is 32.2. The normalized spacial score (nSPS) is 10.4. The second-order valence-corrected chi connectivity index (χ2v) is 6.43. The SMILES string of the molecule is CCCOc1c[nH]c(CSCC(=O)Nc2cccc(C)c2)cc1=O. The van der Waals surface area contributed by atoms with Crippen molar-refractivity contribution in [3.05, 3.63) is 58.0 Å². The molecule has 24 heavy (non-hydrogen) atoms. The van der Waals surface area contributed by atoms with E-state index in [2.05, 4.69) is 10.3 Å². The Kier molecular flexibility index (Phi) is 6.93. The minimum absolute atomic E-state index is 0.0594. The van der Waals surface area contributed by atoms with Crippen molar-refractivity contribution in [2.24, 2.45) is 0 Å². The van der Waals surface area contributed by atoms with Crippen LogP contribution in [0.1, 0.15) is 24.6 Å². The summed E-state index contributed by atoms with van der Waals surface area (Å²) in [5.41, 5.74) is 2.54.